The molecular formula is C15H19NO2. The lowest BCUT2D eigenvalue weighted by molar-refractivity contribution is 0.407. The van der Waals surface area contributed by atoms with Crippen molar-refractivity contribution < 1.29 is 9.47 Å². The molecule has 0 saturated heterocycles. The van der Waals surface area contributed by atoms with Crippen LogP contribution in [0.5, 0.6) is 11.5 Å². The Bertz CT molecular complexity index is 546. The maximum absolute atomic E-state index is 5.80. The summed E-state index contributed by atoms with van der Waals surface area (Å²) in [5.74, 6) is 1.98. The summed E-state index contributed by atoms with van der Waals surface area (Å²) in [5.41, 5.74) is 6.95. The van der Waals surface area contributed by atoms with Crippen molar-refractivity contribution in [3.63, 3.8) is 0 Å². The summed E-state index contributed by atoms with van der Waals surface area (Å²) in [5, 5.41) is 2.32. The lowest BCUT2D eigenvalue weighted by Crippen LogP contribution is -2.10. The summed E-state index contributed by atoms with van der Waals surface area (Å²) in [4.78, 5) is 0. The molecule has 0 aliphatic carbocycles. The second kappa shape index (κ2) is 5.27. The van der Waals surface area contributed by atoms with Gasteiger partial charge in [-0.2, -0.15) is 0 Å². The number of benzene rings is 2. The third-order valence-corrected chi connectivity index (χ3v) is 3.30. The van der Waals surface area contributed by atoms with E-state index in [1.54, 1.807) is 14.2 Å². The highest BCUT2D eigenvalue weighted by Gasteiger charge is 2.14. The molecule has 0 saturated carbocycles. The third kappa shape index (κ3) is 2.14. The summed E-state index contributed by atoms with van der Waals surface area (Å²) < 4.78 is 10.7. The van der Waals surface area contributed by atoms with Gasteiger partial charge in [0.25, 0.3) is 0 Å². The van der Waals surface area contributed by atoms with Crippen LogP contribution in [0.3, 0.4) is 0 Å². The summed E-state index contributed by atoms with van der Waals surface area (Å²) >= 11 is 0. The average Bonchev–Trinajstić information content (AvgIpc) is 2.44. The van der Waals surface area contributed by atoms with E-state index in [0.29, 0.717) is 6.54 Å². The van der Waals surface area contributed by atoms with Gasteiger partial charge in [-0.15, -0.1) is 0 Å². The molecule has 2 aromatic rings. The molecule has 18 heavy (non-hydrogen) atoms. The monoisotopic (exact) mass is 245 g/mol. The molecule has 3 nitrogen and oxygen atoms in total. The van der Waals surface area contributed by atoms with Crippen molar-refractivity contribution in [1.82, 2.24) is 0 Å². The summed E-state index contributed by atoms with van der Waals surface area (Å²) in [6.45, 7) is 2.70. The first-order valence-corrected chi connectivity index (χ1v) is 6.06. The van der Waals surface area contributed by atoms with Crippen molar-refractivity contribution in [3.8, 4) is 11.5 Å². The number of ether oxygens (including phenoxy) is 2. The molecule has 96 valence electrons. The maximum atomic E-state index is 5.80. The summed E-state index contributed by atoms with van der Waals surface area (Å²) in [6, 6.07) is 10.1. The van der Waals surface area contributed by atoms with Gasteiger partial charge in [0.1, 0.15) is 11.5 Å². The van der Waals surface area contributed by atoms with Crippen LogP contribution in [0.25, 0.3) is 10.8 Å². The molecule has 0 bridgehead atoms. The maximum Gasteiger partial charge on any atom is 0.123 e. The molecule has 0 heterocycles. The van der Waals surface area contributed by atoms with E-state index < -0.39 is 0 Å². The number of hydrogen-bond donors (Lipinski definition) is 1. The van der Waals surface area contributed by atoms with Crippen LogP contribution >= 0.6 is 0 Å². The van der Waals surface area contributed by atoms with E-state index in [4.69, 9.17) is 15.2 Å². The van der Waals surface area contributed by atoms with Gasteiger partial charge in [0, 0.05) is 5.56 Å². The largest absolute Gasteiger partial charge is 0.497 e. The van der Waals surface area contributed by atoms with Crippen molar-refractivity contribution in [3.05, 3.63) is 35.9 Å². The Hall–Kier alpha value is -1.74. The number of rotatable bonds is 4. The van der Waals surface area contributed by atoms with Crippen LogP contribution in [0.15, 0.2) is 30.3 Å². The number of methoxy groups -OCH3 is 2. The zero-order chi connectivity index (χ0) is 13.1. The van der Waals surface area contributed by atoms with E-state index in [0.717, 1.165) is 22.4 Å². The molecule has 0 aliphatic rings. The molecular weight excluding hydrogens is 226 g/mol. The van der Waals surface area contributed by atoms with Crippen molar-refractivity contribution >= 4 is 10.8 Å². The first kappa shape index (κ1) is 12.7. The zero-order valence-electron chi connectivity index (χ0n) is 11.1. The lowest BCUT2D eigenvalue weighted by atomic mass is 9.93. The van der Waals surface area contributed by atoms with Gasteiger partial charge in [0.15, 0.2) is 0 Å². The fraction of sp³-hybridized carbons (Fsp3) is 0.333. The molecule has 0 amide bonds. The molecule has 3 heteroatoms. The molecule has 0 aromatic heterocycles. The Labute approximate surface area is 108 Å². The van der Waals surface area contributed by atoms with Gasteiger partial charge in [-0.3, -0.25) is 0 Å². The van der Waals surface area contributed by atoms with Gasteiger partial charge in [-0.25, -0.2) is 0 Å². The van der Waals surface area contributed by atoms with Crippen LogP contribution in [-0.4, -0.2) is 20.8 Å². The molecule has 1 atom stereocenters. The van der Waals surface area contributed by atoms with Crippen molar-refractivity contribution in [2.24, 2.45) is 5.73 Å². The Kier molecular flexibility index (Phi) is 3.72. The van der Waals surface area contributed by atoms with Gasteiger partial charge < -0.3 is 15.2 Å². The van der Waals surface area contributed by atoms with E-state index in [9.17, 15) is 0 Å². The van der Waals surface area contributed by atoms with Crippen molar-refractivity contribution in [2.75, 3.05) is 20.8 Å². The third-order valence-electron chi connectivity index (χ3n) is 3.30. The van der Waals surface area contributed by atoms with Gasteiger partial charge in [0.05, 0.1) is 14.2 Å². The normalized spacial score (nSPS) is 12.4. The molecule has 0 radical (unpaired) electrons. The van der Waals surface area contributed by atoms with Crippen LogP contribution in [0.1, 0.15) is 18.4 Å². The van der Waals surface area contributed by atoms with Gasteiger partial charge in [0.2, 0.25) is 0 Å². The van der Waals surface area contributed by atoms with Crippen LogP contribution in [-0.2, 0) is 0 Å². The molecule has 2 aromatic carbocycles. The second-order valence-corrected chi connectivity index (χ2v) is 4.41. The Balaban J connectivity index is 2.73. The minimum atomic E-state index is 0.246. The van der Waals surface area contributed by atoms with Crippen LogP contribution in [0.4, 0.5) is 0 Å². The Morgan fingerprint density at radius 2 is 1.83 bits per heavy atom. The standard InChI is InChI=1S/C15H19NO2/c1-10(9-16)15-13-8-12(17-2)6-4-11(13)5-7-14(15)18-3/h4-8,10H,9,16H2,1-3H3. The van der Waals surface area contributed by atoms with Gasteiger partial charge >= 0.3 is 0 Å². The first-order valence-electron chi connectivity index (χ1n) is 6.06. The fourth-order valence-corrected chi connectivity index (χ4v) is 2.23. The summed E-state index contributed by atoms with van der Waals surface area (Å²) in [7, 11) is 3.36. The quantitative estimate of drug-likeness (QED) is 0.900. The highest BCUT2D eigenvalue weighted by molar-refractivity contribution is 5.89. The van der Waals surface area contributed by atoms with Crippen LogP contribution in [0.2, 0.25) is 0 Å². The Morgan fingerprint density at radius 3 is 2.44 bits per heavy atom. The number of fused-ring (bicyclic) bond motifs is 1. The van der Waals surface area contributed by atoms with Gasteiger partial charge in [-0.05, 0) is 41.4 Å². The topological polar surface area (TPSA) is 44.5 Å². The molecule has 1 unspecified atom stereocenters. The minimum absolute atomic E-state index is 0.246. The SMILES string of the molecule is COc1ccc2ccc(OC)c(C(C)CN)c2c1. The molecule has 0 fully saturated rings. The molecule has 0 spiro atoms. The predicted molar refractivity (Wildman–Crippen MR) is 74.5 cm³/mol. The molecule has 2 rings (SSSR count). The van der Waals surface area contributed by atoms with Crippen LogP contribution in [0, 0.1) is 0 Å². The number of hydrogen-bond acceptors (Lipinski definition) is 3. The predicted octanol–water partition coefficient (Wildman–Crippen LogP) is 2.92. The van der Waals surface area contributed by atoms with E-state index in [1.165, 1.54) is 5.39 Å². The van der Waals surface area contributed by atoms with Crippen molar-refractivity contribution in [1.29, 1.82) is 0 Å². The Morgan fingerprint density at radius 1 is 1.11 bits per heavy atom. The second-order valence-electron chi connectivity index (χ2n) is 4.41. The average molecular weight is 245 g/mol. The highest BCUT2D eigenvalue weighted by atomic mass is 16.5. The fourth-order valence-electron chi connectivity index (χ4n) is 2.23. The highest BCUT2D eigenvalue weighted by Crippen LogP contribution is 2.35. The van der Waals surface area contributed by atoms with Gasteiger partial charge in [-0.1, -0.05) is 19.1 Å². The lowest BCUT2D eigenvalue weighted by Gasteiger charge is -2.17. The molecule has 2 N–H and O–H groups in total. The van der Waals surface area contributed by atoms with E-state index in [-0.39, 0.29) is 5.92 Å². The van der Waals surface area contributed by atoms with E-state index in [2.05, 4.69) is 19.1 Å². The van der Waals surface area contributed by atoms with E-state index >= 15 is 0 Å². The smallest absolute Gasteiger partial charge is 0.123 e. The molecule has 0 aliphatic heterocycles. The summed E-state index contributed by atoms with van der Waals surface area (Å²) in [6.07, 6.45) is 0. The first-order chi connectivity index (χ1) is 8.71. The minimum Gasteiger partial charge on any atom is -0.497 e. The van der Waals surface area contributed by atoms with E-state index in [1.807, 2.05) is 18.2 Å². The van der Waals surface area contributed by atoms with Crippen LogP contribution < -0.4 is 15.2 Å². The zero-order valence-corrected chi connectivity index (χ0v) is 11.1. The van der Waals surface area contributed by atoms with Crippen molar-refractivity contribution in [2.45, 2.75) is 12.8 Å². The number of nitrogens with two attached hydrogens (primary N) is 1.